The smallest absolute Gasteiger partial charge is 0.0146 e. The average molecular weight is 241 g/mol. The van der Waals surface area contributed by atoms with Crippen molar-refractivity contribution in [3.05, 3.63) is 71.3 Å². The van der Waals surface area contributed by atoms with Crippen molar-refractivity contribution in [3.8, 4) is 0 Å². The summed E-state index contributed by atoms with van der Waals surface area (Å²) in [5.74, 6) is 0. The van der Waals surface area contributed by atoms with E-state index in [-0.39, 0.29) is 5.41 Å². The number of hydrogen-bond donors (Lipinski definition) is 1. The highest BCUT2D eigenvalue weighted by molar-refractivity contribution is 5.38. The highest BCUT2D eigenvalue weighted by atomic mass is 14.4. The molecule has 0 spiro atoms. The molecule has 0 bridgehead atoms. The number of hydrogen-bond acceptors (Lipinski definition) is 1. The maximum absolute atomic E-state index is 4.50. The van der Waals surface area contributed by atoms with Crippen molar-refractivity contribution in [2.24, 2.45) is 5.73 Å². The third kappa shape index (κ3) is 3.21. The Bertz CT molecular complexity index is 455. The molecule has 0 atom stereocenters. The molecule has 1 nitrogen and oxygen atoms in total. The van der Waals surface area contributed by atoms with Gasteiger partial charge in [0.1, 0.15) is 0 Å². The van der Waals surface area contributed by atoms with E-state index in [1.807, 2.05) is 0 Å². The zero-order valence-corrected chi connectivity index (χ0v) is 11.8. The third-order valence-corrected chi connectivity index (χ3v) is 3.27. The SMILES string of the molecule is CN.Cc1ccc(C(C)(C)c2ccccc2)cc1. The van der Waals surface area contributed by atoms with Crippen LogP contribution in [0.2, 0.25) is 0 Å². The quantitative estimate of drug-likeness (QED) is 0.848. The van der Waals surface area contributed by atoms with Crippen LogP contribution in [0.5, 0.6) is 0 Å². The largest absolute Gasteiger partial charge is 0.333 e. The second kappa shape index (κ2) is 6.36. The van der Waals surface area contributed by atoms with Gasteiger partial charge in [-0.25, -0.2) is 0 Å². The number of rotatable bonds is 2. The molecule has 0 amide bonds. The van der Waals surface area contributed by atoms with E-state index in [0.717, 1.165) is 0 Å². The minimum atomic E-state index is 0.0783. The molecular formula is C17H23N. The Kier molecular flexibility index (Phi) is 5.11. The van der Waals surface area contributed by atoms with E-state index in [1.54, 1.807) is 0 Å². The van der Waals surface area contributed by atoms with Crippen LogP contribution in [0.15, 0.2) is 54.6 Å². The van der Waals surface area contributed by atoms with Crippen molar-refractivity contribution in [2.75, 3.05) is 7.05 Å². The van der Waals surface area contributed by atoms with E-state index in [1.165, 1.54) is 23.7 Å². The van der Waals surface area contributed by atoms with Crippen LogP contribution in [-0.2, 0) is 5.41 Å². The maximum atomic E-state index is 4.50. The van der Waals surface area contributed by atoms with Crippen molar-refractivity contribution >= 4 is 0 Å². The predicted octanol–water partition coefficient (Wildman–Crippen LogP) is 3.90. The van der Waals surface area contributed by atoms with Gasteiger partial charge >= 0.3 is 0 Å². The lowest BCUT2D eigenvalue weighted by molar-refractivity contribution is 0.640. The van der Waals surface area contributed by atoms with Gasteiger partial charge in [0.2, 0.25) is 0 Å². The summed E-state index contributed by atoms with van der Waals surface area (Å²) in [6.45, 7) is 6.67. The first-order chi connectivity index (χ1) is 8.60. The number of benzene rings is 2. The van der Waals surface area contributed by atoms with E-state index >= 15 is 0 Å². The van der Waals surface area contributed by atoms with Crippen LogP contribution in [0, 0.1) is 6.92 Å². The average Bonchev–Trinajstić information content (AvgIpc) is 2.42. The van der Waals surface area contributed by atoms with E-state index in [2.05, 4.69) is 81.1 Å². The van der Waals surface area contributed by atoms with E-state index < -0.39 is 0 Å². The first-order valence-electron chi connectivity index (χ1n) is 6.31. The van der Waals surface area contributed by atoms with E-state index in [4.69, 9.17) is 0 Å². The van der Waals surface area contributed by atoms with Crippen molar-refractivity contribution < 1.29 is 0 Å². The van der Waals surface area contributed by atoms with E-state index in [0.29, 0.717) is 0 Å². The first-order valence-corrected chi connectivity index (χ1v) is 6.31. The molecule has 18 heavy (non-hydrogen) atoms. The van der Waals surface area contributed by atoms with Crippen LogP contribution in [-0.4, -0.2) is 7.05 Å². The normalized spacial score (nSPS) is 10.5. The molecule has 0 unspecified atom stereocenters. The van der Waals surface area contributed by atoms with Crippen LogP contribution in [0.3, 0.4) is 0 Å². The Morgan fingerprint density at radius 3 is 1.67 bits per heavy atom. The summed E-state index contributed by atoms with van der Waals surface area (Å²) in [6.07, 6.45) is 0. The summed E-state index contributed by atoms with van der Waals surface area (Å²) < 4.78 is 0. The topological polar surface area (TPSA) is 26.0 Å². The van der Waals surface area contributed by atoms with Crippen molar-refractivity contribution in [1.82, 2.24) is 0 Å². The summed E-state index contributed by atoms with van der Waals surface area (Å²) in [7, 11) is 1.50. The molecule has 0 aliphatic carbocycles. The zero-order chi connectivity index (χ0) is 13.6. The molecule has 2 rings (SSSR count). The minimum absolute atomic E-state index is 0.0783. The van der Waals surface area contributed by atoms with Gasteiger partial charge in [-0.1, -0.05) is 74.0 Å². The molecule has 0 fully saturated rings. The Morgan fingerprint density at radius 1 is 0.722 bits per heavy atom. The molecule has 2 aromatic carbocycles. The molecule has 0 aliphatic rings. The lowest BCUT2D eigenvalue weighted by Gasteiger charge is -2.26. The van der Waals surface area contributed by atoms with Crippen LogP contribution < -0.4 is 5.73 Å². The van der Waals surface area contributed by atoms with Crippen LogP contribution >= 0.6 is 0 Å². The zero-order valence-electron chi connectivity index (χ0n) is 11.8. The molecule has 0 aliphatic heterocycles. The fourth-order valence-electron chi connectivity index (χ4n) is 1.99. The standard InChI is InChI=1S/C16H18.CH5N/c1-13-9-11-15(12-10-13)16(2,3)14-7-5-4-6-8-14;1-2/h4-12H,1-3H3;2H2,1H3. The first kappa shape index (κ1) is 14.5. The van der Waals surface area contributed by atoms with E-state index in [9.17, 15) is 0 Å². The lowest BCUT2D eigenvalue weighted by atomic mass is 9.78. The van der Waals surface area contributed by atoms with Crippen LogP contribution in [0.4, 0.5) is 0 Å². The summed E-state index contributed by atoms with van der Waals surface area (Å²) in [5, 5.41) is 0. The second-order valence-corrected chi connectivity index (χ2v) is 4.86. The Balaban J connectivity index is 0.000000771. The van der Waals surface area contributed by atoms with Crippen LogP contribution in [0.1, 0.15) is 30.5 Å². The van der Waals surface area contributed by atoms with Gasteiger partial charge in [0, 0.05) is 5.41 Å². The molecule has 2 N–H and O–H groups in total. The van der Waals surface area contributed by atoms with Gasteiger partial charge in [-0.15, -0.1) is 0 Å². The highest BCUT2D eigenvalue weighted by Crippen LogP contribution is 2.31. The predicted molar refractivity (Wildman–Crippen MR) is 79.9 cm³/mol. The Labute approximate surface area is 111 Å². The summed E-state index contributed by atoms with van der Waals surface area (Å²) in [5.41, 5.74) is 8.62. The van der Waals surface area contributed by atoms with Crippen molar-refractivity contribution in [2.45, 2.75) is 26.2 Å². The molecule has 0 saturated carbocycles. The van der Waals surface area contributed by atoms with Gasteiger partial charge in [0.15, 0.2) is 0 Å². The van der Waals surface area contributed by atoms with Crippen molar-refractivity contribution in [1.29, 1.82) is 0 Å². The van der Waals surface area contributed by atoms with Crippen LogP contribution in [0.25, 0.3) is 0 Å². The van der Waals surface area contributed by atoms with Gasteiger partial charge in [0.05, 0.1) is 0 Å². The molecule has 0 radical (unpaired) electrons. The molecule has 0 aromatic heterocycles. The van der Waals surface area contributed by atoms with Gasteiger partial charge < -0.3 is 5.73 Å². The summed E-state index contributed by atoms with van der Waals surface area (Å²) in [6, 6.07) is 19.5. The maximum Gasteiger partial charge on any atom is 0.0146 e. The molecule has 0 saturated heterocycles. The van der Waals surface area contributed by atoms with Gasteiger partial charge in [-0.2, -0.15) is 0 Å². The minimum Gasteiger partial charge on any atom is -0.333 e. The molecule has 96 valence electrons. The van der Waals surface area contributed by atoms with Gasteiger partial charge in [-0.3, -0.25) is 0 Å². The third-order valence-electron chi connectivity index (χ3n) is 3.27. The molecule has 0 heterocycles. The fraction of sp³-hybridized carbons (Fsp3) is 0.294. The lowest BCUT2D eigenvalue weighted by Crippen LogP contribution is -2.18. The fourth-order valence-corrected chi connectivity index (χ4v) is 1.99. The molecular weight excluding hydrogens is 218 g/mol. The van der Waals surface area contributed by atoms with Crippen molar-refractivity contribution in [3.63, 3.8) is 0 Å². The monoisotopic (exact) mass is 241 g/mol. The number of aryl methyl sites for hydroxylation is 1. The Morgan fingerprint density at radius 2 is 1.17 bits per heavy atom. The molecule has 1 heteroatoms. The Hall–Kier alpha value is -1.60. The second-order valence-electron chi connectivity index (χ2n) is 4.86. The number of nitrogens with two attached hydrogens (primary N) is 1. The summed E-state index contributed by atoms with van der Waals surface area (Å²) in [4.78, 5) is 0. The highest BCUT2D eigenvalue weighted by Gasteiger charge is 2.22. The van der Waals surface area contributed by atoms with Gasteiger partial charge in [0.25, 0.3) is 0 Å². The molecule has 2 aromatic rings. The van der Waals surface area contributed by atoms with Gasteiger partial charge in [-0.05, 0) is 25.1 Å². The summed E-state index contributed by atoms with van der Waals surface area (Å²) >= 11 is 0.